The number of rotatable bonds is 2. The van der Waals surface area contributed by atoms with Gasteiger partial charge in [0.1, 0.15) is 0 Å². The summed E-state index contributed by atoms with van der Waals surface area (Å²) in [5.41, 5.74) is 2.49. The predicted molar refractivity (Wildman–Crippen MR) is 61.7 cm³/mol. The first-order chi connectivity index (χ1) is 6.68. The number of para-hydroxylation sites is 1. The summed E-state index contributed by atoms with van der Waals surface area (Å²) < 4.78 is 2.15. The average Bonchev–Trinajstić information content (AvgIpc) is 2.44. The smallest absolute Gasteiger partial charge is 0.0601 e. The Morgan fingerprint density at radius 1 is 1.21 bits per heavy atom. The minimum absolute atomic E-state index is 0.473. The molecule has 1 aromatic heterocycles. The Balaban J connectivity index is 2.55. The van der Waals surface area contributed by atoms with Crippen LogP contribution in [0.15, 0.2) is 30.5 Å². The van der Waals surface area contributed by atoms with Crippen molar-refractivity contribution in [3.05, 3.63) is 30.5 Å². The Kier molecular flexibility index (Phi) is 2.20. The third-order valence-corrected chi connectivity index (χ3v) is 2.34. The molecule has 0 aliphatic heterocycles. The van der Waals surface area contributed by atoms with Gasteiger partial charge in [-0.2, -0.15) is 0 Å². The quantitative estimate of drug-likeness (QED) is 0.766. The number of anilines is 1. The lowest BCUT2D eigenvalue weighted by Gasteiger charge is -2.07. The average molecular weight is 188 g/mol. The van der Waals surface area contributed by atoms with E-state index in [1.165, 1.54) is 16.6 Å². The number of nitrogens with one attached hydrogen (secondary N) is 1. The molecule has 0 aliphatic rings. The molecule has 0 spiro atoms. The van der Waals surface area contributed by atoms with Crippen molar-refractivity contribution < 1.29 is 0 Å². The largest absolute Gasteiger partial charge is 0.381 e. The van der Waals surface area contributed by atoms with Crippen LogP contribution in [0.4, 0.5) is 5.69 Å². The number of hydrogen-bond donors (Lipinski definition) is 1. The van der Waals surface area contributed by atoms with Crippen LogP contribution >= 0.6 is 0 Å². The molecule has 0 unspecified atom stereocenters. The van der Waals surface area contributed by atoms with Crippen LogP contribution in [0.5, 0.6) is 0 Å². The summed E-state index contributed by atoms with van der Waals surface area (Å²) in [6.07, 6.45) is 2.14. The third-order valence-electron chi connectivity index (χ3n) is 2.34. The van der Waals surface area contributed by atoms with E-state index in [2.05, 4.69) is 61.2 Å². The molecule has 0 radical (unpaired) electrons. The number of fused-ring (bicyclic) bond motifs is 1. The molecule has 0 amide bonds. The van der Waals surface area contributed by atoms with Gasteiger partial charge in [-0.15, -0.1) is 0 Å². The van der Waals surface area contributed by atoms with Crippen LogP contribution in [0.25, 0.3) is 10.9 Å². The lowest BCUT2D eigenvalue weighted by atomic mass is 10.2. The van der Waals surface area contributed by atoms with Gasteiger partial charge in [-0.05, 0) is 19.9 Å². The van der Waals surface area contributed by atoms with Crippen LogP contribution in [0.3, 0.4) is 0 Å². The van der Waals surface area contributed by atoms with E-state index in [1.807, 2.05) is 0 Å². The molecule has 74 valence electrons. The molecule has 1 N–H and O–H groups in total. The summed E-state index contributed by atoms with van der Waals surface area (Å²) in [5, 5.41) is 4.74. The highest BCUT2D eigenvalue weighted by molar-refractivity contribution is 5.93. The third kappa shape index (κ3) is 1.48. The second-order valence-corrected chi connectivity index (χ2v) is 3.97. The van der Waals surface area contributed by atoms with Crippen molar-refractivity contribution in [3.63, 3.8) is 0 Å². The fraction of sp³-hybridized carbons (Fsp3) is 0.333. The number of aryl methyl sites for hydroxylation is 1. The Morgan fingerprint density at radius 3 is 2.64 bits per heavy atom. The Labute approximate surface area is 84.5 Å². The minimum Gasteiger partial charge on any atom is -0.381 e. The molecule has 1 aromatic carbocycles. The molecule has 2 heteroatoms. The fourth-order valence-corrected chi connectivity index (χ4v) is 1.77. The van der Waals surface area contributed by atoms with E-state index in [0.29, 0.717) is 6.04 Å². The molecule has 14 heavy (non-hydrogen) atoms. The first-order valence-electron chi connectivity index (χ1n) is 4.99. The molecule has 0 bridgehead atoms. The van der Waals surface area contributed by atoms with Crippen molar-refractivity contribution in [3.8, 4) is 0 Å². The SMILES string of the molecule is CC(C)Nc1cn(C)c2ccccc12. The van der Waals surface area contributed by atoms with Gasteiger partial charge in [0.25, 0.3) is 0 Å². The summed E-state index contributed by atoms with van der Waals surface area (Å²) in [7, 11) is 2.08. The van der Waals surface area contributed by atoms with E-state index in [0.717, 1.165) is 0 Å². The standard InChI is InChI=1S/C12H16N2/c1-9(2)13-11-8-14(3)12-7-5-4-6-10(11)12/h4-9,13H,1-3H3. The van der Waals surface area contributed by atoms with Crippen LogP contribution in [0.2, 0.25) is 0 Å². The van der Waals surface area contributed by atoms with Crippen LogP contribution < -0.4 is 5.32 Å². The molecular weight excluding hydrogens is 172 g/mol. The summed E-state index contributed by atoms with van der Waals surface area (Å²) in [6.45, 7) is 4.31. The van der Waals surface area contributed by atoms with Gasteiger partial charge in [-0.3, -0.25) is 0 Å². The monoisotopic (exact) mass is 188 g/mol. The van der Waals surface area contributed by atoms with Gasteiger partial charge in [0.2, 0.25) is 0 Å². The first kappa shape index (κ1) is 9.13. The van der Waals surface area contributed by atoms with Gasteiger partial charge in [-0.25, -0.2) is 0 Å². The van der Waals surface area contributed by atoms with Crippen molar-refractivity contribution in [1.82, 2.24) is 4.57 Å². The molecule has 2 aromatic rings. The zero-order valence-electron chi connectivity index (χ0n) is 8.91. The van der Waals surface area contributed by atoms with Crippen molar-refractivity contribution in [2.75, 3.05) is 5.32 Å². The fourth-order valence-electron chi connectivity index (χ4n) is 1.77. The van der Waals surface area contributed by atoms with Crippen LogP contribution in [0, 0.1) is 0 Å². The Bertz CT molecular complexity index is 441. The van der Waals surface area contributed by atoms with Crippen LogP contribution in [-0.2, 0) is 7.05 Å². The molecule has 0 saturated heterocycles. The summed E-state index contributed by atoms with van der Waals surface area (Å²) in [5.74, 6) is 0. The molecule has 0 atom stereocenters. The Morgan fingerprint density at radius 2 is 1.93 bits per heavy atom. The number of aromatic nitrogens is 1. The topological polar surface area (TPSA) is 17.0 Å². The van der Waals surface area contributed by atoms with E-state index >= 15 is 0 Å². The van der Waals surface area contributed by atoms with Gasteiger partial charge in [-0.1, -0.05) is 18.2 Å². The lowest BCUT2D eigenvalue weighted by molar-refractivity contribution is 0.895. The summed E-state index contributed by atoms with van der Waals surface area (Å²) in [4.78, 5) is 0. The van der Waals surface area contributed by atoms with Gasteiger partial charge >= 0.3 is 0 Å². The molecule has 2 rings (SSSR count). The molecule has 0 fully saturated rings. The van der Waals surface area contributed by atoms with Gasteiger partial charge < -0.3 is 9.88 Å². The summed E-state index contributed by atoms with van der Waals surface area (Å²) in [6, 6.07) is 8.91. The van der Waals surface area contributed by atoms with Crippen molar-refractivity contribution in [2.45, 2.75) is 19.9 Å². The Hall–Kier alpha value is -1.44. The van der Waals surface area contributed by atoms with Gasteiger partial charge in [0.15, 0.2) is 0 Å². The van der Waals surface area contributed by atoms with Gasteiger partial charge in [0.05, 0.1) is 5.69 Å². The highest BCUT2D eigenvalue weighted by Crippen LogP contribution is 2.25. The number of hydrogen-bond acceptors (Lipinski definition) is 1. The minimum atomic E-state index is 0.473. The van der Waals surface area contributed by atoms with Crippen LogP contribution in [0.1, 0.15) is 13.8 Å². The second kappa shape index (κ2) is 3.37. The predicted octanol–water partition coefficient (Wildman–Crippen LogP) is 3.00. The maximum Gasteiger partial charge on any atom is 0.0601 e. The molecule has 1 heterocycles. The molecular formula is C12H16N2. The molecule has 2 nitrogen and oxygen atoms in total. The zero-order valence-corrected chi connectivity index (χ0v) is 8.91. The maximum atomic E-state index is 3.45. The van der Waals surface area contributed by atoms with Gasteiger partial charge in [0, 0.05) is 30.2 Å². The maximum absolute atomic E-state index is 3.45. The molecule has 0 aliphatic carbocycles. The normalized spacial score (nSPS) is 11.1. The van der Waals surface area contributed by atoms with Crippen molar-refractivity contribution in [2.24, 2.45) is 7.05 Å². The van der Waals surface area contributed by atoms with E-state index < -0.39 is 0 Å². The highest BCUT2D eigenvalue weighted by atomic mass is 15.0. The highest BCUT2D eigenvalue weighted by Gasteiger charge is 2.05. The van der Waals surface area contributed by atoms with E-state index in [9.17, 15) is 0 Å². The van der Waals surface area contributed by atoms with E-state index in [-0.39, 0.29) is 0 Å². The zero-order chi connectivity index (χ0) is 10.1. The number of benzene rings is 1. The van der Waals surface area contributed by atoms with E-state index in [4.69, 9.17) is 0 Å². The lowest BCUT2D eigenvalue weighted by Crippen LogP contribution is -2.08. The van der Waals surface area contributed by atoms with E-state index in [1.54, 1.807) is 0 Å². The first-order valence-corrected chi connectivity index (χ1v) is 4.99. The van der Waals surface area contributed by atoms with Crippen molar-refractivity contribution >= 4 is 16.6 Å². The molecule has 0 saturated carbocycles. The number of nitrogens with zero attached hydrogens (tertiary/aromatic N) is 1. The van der Waals surface area contributed by atoms with Crippen LogP contribution in [-0.4, -0.2) is 10.6 Å². The summed E-state index contributed by atoms with van der Waals surface area (Å²) >= 11 is 0. The second-order valence-electron chi connectivity index (χ2n) is 3.97. The van der Waals surface area contributed by atoms with Crippen molar-refractivity contribution in [1.29, 1.82) is 0 Å².